The molecule has 0 bridgehead atoms. The summed E-state index contributed by atoms with van der Waals surface area (Å²) >= 11 is 2.16. The van der Waals surface area contributed by atoms with E-state index in [0.717, 1.165) is 11.2 Å². The van der Waals surface area contributed by atoms with Crippen LogP contribution in [0.1, 0.15) is 46.5 Å². The molecule has 15 heavy (non-hydrogen) atoms. The SMILES string of the molecule is CC1CC2=C(CCN1)CCC(C)C(C)S2. The molecule has 0 saturated heterocycles. The Kier molecular flexibility index (Phi) is 3.78. The largest absolute Gasteiger partial charge is 0.314 e. The molecule has 1 nitrogen and oxygen atoms in total. The van der Waals surface area contributed by atoms with Crippen LogP contribution in [-0.4, -0.2) is 17.8 Å². The summed E-state index contributed by atoms with van der Waals surface area (Å²) < 4.78 is 0. The van der Waals surface area contributed by atoms with E-state index in [1.165, 1.54) is 32.2 Å². The second-order valence-corrected chi connectivity index (χ2v) is 6.65. The summed E-state index contributed by atoms with van der Waals surface area (Å²) in [6, 6.07) is 0.672. The zero-order valence-electron chi connectivity index (χ0n) is 10.2. The lowest BCUT2D eigenvalue weighted by molar-refractivity contribution is 0.522. The summed E-state index contributed by atoms with van der Waals surface area (Å²) in [7, 11) is 0. The first kappa shape index (κ1) is 11.5. The monoisotopic (exact) mass is 225 g/mol. The van der Waals surface area contributed by atoms with E-state index in [1.807, 2.05) is 0 Å². The van der Waals surface area contributed by atoms with Crippen molar-refractivity contribution in [3.05, 3.63) is 10.5 Å². The molecule has 0 fully saturated rings. The van der Waals surface area contributed by atoms with Crippen molar-refractivity contribution in [1.82, 2.24) is 5.32 Å². The van der Waals surface area contributed by atoms with Crippen molar-refractivity contribution in [2.75, 3.05) is 6.54 Å². The lowest BCUT2D eigenvalue weighted by Crippen LogP contribution is -2.25. The van der Waals surface area contributed by atoms with Gasteiger partial charge in [0.2, 0.25) is 0 Å². The second kappa shape index (κ2) is 4.92. The highest BCUT2D eigenvalue weighted by molar-refractivity contribution is 8.03. The number of hydrogen-bond donors (Lipinski definition) is 1. The van der Waals surface area contributed by atoms with Gasteiger partial charge in [-0.05, 0) is 50.0 Å². The van der Waals surface area contributed by atoms with E-state index < -0.39 is 0 Å². The highest BCUT2D eigenvalue weighted by Crippen LogP contribution is 2.40. The molecule has 1 N–H and O–H groups in total. The molecule has 2 heteroatoms. The highest BCUT2D eigenvalue weighted by atomic mass is 32.2. The summed E-state index contributed by atoms with van der Waals surface area (Å²) in [4.78, 5) is 1.71. The van der Waals surface area contributed by atoms with Crippen LogP contribution in [0.3, 0.4) is 0 Å². The Morgan fingerprint density at radius 2 is 2.00 bits per heavy atom. The molecule has 0 saturated carbocycles. The molecule has 2 aliphatic heterocycles. The Labute approximate surface area is 98.1 Å². The van der Waals surface area contributed by atoms with Crippen molar-refractivity contribution in [2.24, 2.45) is 5.92 Å². The molecule has 3 unspecified atom stereocenters. The average Bonchev–Trinajstić information content (AvgIpc) is 2.42. The summed E-state index contributed by atoms with van der Waals surface area (Å²) in [5.41, 5.74) is 1.76. The maximum absolute atomic E-state index is 3.59. The van der Waals surface area contributed by atoms with Crippen molar-refractivity contribution < 1.29 is 0 Å². The van der Waals surface area contributed by atoms with Gasteiger partial charge in [-0.15, -0.1) is 11.8 Å². The molecule has 2 heterocycles. The van der Waals surface area contributed by atoms with E-state index >= 15 is 0 Å². The molecule has 0 amide bonds. The molecule has 3 atom stereocenters. The molecule has 0 aromatic heterocycles. The van der Waals surface area contributed by atoms with Gasteiger partial charge in [0.1, 0.15) is 0 Å². The minimum absolute atomic E-state index is 0.672. The van der Waals surface area contributed by atoms with Crippen molar-refractivity contribution >= 4 is 11.8 Å². The zero-order chi connectivity index (χ0) is 10.8. The van der Waals surface area contributed by atoms with Gasteiger partial charge in [-0.1, -0.05) is 19.4 Å². The highest BCUT2D eigenvalue weighted by Gasteiger charge is 2.24. The molecule has 2 aliphatic rings. The third kappa shape index (κ3) is 2.79. The van der Waals surface area contributed by atoms with Crippen molar-refractivity contribution in [3.63, 3.8) is 0 Å². The Morgan fingerprint density at radius 3 is 2.80 bits per heavy atom. The fraction of sp³-hybridized carbons (Fsp3) is 0.846. The van der Waals surface area contributed by atoms with Gasteiger partial charge in [-0.25, -0.2) is 0 Å². The van der Waals surface area contributed by atoms with Gasteiger partial charge in [0.05, 0.1) is 0 Å². The Hall–Kier alpha value is 0.0500. The number of hydrogen-bond acceptors (Lipinski definition) is 2. The maximum atomic E-state index is 3.59. The third-order valence-electron chi connectivity index (χ3n) is 3.84. The molecule has 0 aliphatic carbocycles. The standard InChI is InChI=1S/C13H23NS/c1-9-4-5-12-6-7-14-10(2)8-13(12)15-11(9)3/h9-11,14H,4-8H2,1-3H3. The van der Waals surface area contributed by atoms with E-state index in [0.29, 0.717) is 6.04 Å². The van der Waals surface area contributed by atoms with Crippen LogP contribution in [0.4, 0.5) is 0 Å². The van der Waals surface area contributed by atoms with Crippen LogP contribution in [0.25, 0.3) is 0 Å². The van der Waals surface area contributed by atoms with Crippen LogP contribution in [-0.2, 0) is 0 Å². The molecule has 0 radical (unpaired) electrons. The molecular formula is C13H23NS. The molecule has 2 rings (SSSR count). The van der Waals surface area contributed by atoms with Crippen molar-refractivity contribution in [3.8, 4) is 0 Å². The molecule has 0 spiro atoms. The summed E-state index contributed by atoms with van der Waals surface area (Å²) in [5, 5.41) is 4.40. The predicted octanol–water partition coefficient (Wildman–Crippen LogP) is 3.56. The quantitative estimate of drug-likeness (QED) is 0.676. The maximum Gasteiger partial charge on any atom is 0.00886 e. The number of nitrogens with one attached hydrogen (secondary N) is 1. The molecule has 0 aromatic rings. The summed E-state index contributed by atoms with van der Waals surface area (Å²) in [6.45, 7) is 8.30. The van der Waals surface area contributed by atoms with Gasteiger partial charge in [0, 0.05) is 11.3 Å². The first-order chi connectivity index (χ1) is 7.16. The number of thioether (sulfide) groups is 1. The third-order valence-corrected chi connectivity index (χ3v) is 5.41. The lowest BCUT2D eigenvalue weighted by Gasteiger charge is -2.18. The van der Waals surface area contributed by atoms with E-state index in [2.05, 4.69) is 37.8 Å². The molecule has 86 valence electrons. The van der Waals surface area contributed by atoms with Gasteiger partial charge in [-0.2, -0.15) is 0 Å². The van der Waals surface area contributed by atoms with Crippen molar-refractivity contribution in [2.45, 2.75) is 57.7 Å². The summed E-state index contributed by atoms with van der Waals surface area (Å²) in [6.07, 6.45) is 5.28. The minimum Gasteiger partial charge on any atom is -0.314 e. The van der Waals surface area contributed by atoms with Crippen LogP contribution < -0.4 is 5.32 Å². The van der Waals surface area contributed by atoms with Crippen LogP contribution in [0.5, 0.6) is 0 Å². The molecule has 0 aromatic carbocycles. The van der Waals surface area contributed by atoms with Gasteiger partial charge in [0.15, 0.2) is 0 Å². The van der Waals surface area contributed by atoms with E-state index in [4.69, 9.17) is 0 Å². The Morgan fingerprint density at radius 1 is 1.20 bits per heavy atom. The van der Waals surface area contributed by atoms with Crippen LogP contribution >= 0.6 is 11.8 Å². The Bertz CT molecular complexity index is 259. The van der Waals surface area contributed by atoms with E-state index in [-0.39, 0.29) is 0 Å². The molecular weight excluding hydrogens is 202 g/mol. The number of rotatable bonds is 0. The van der Waals surface area contributed by atoms with Crippen LogP contribution in [0.15, 0.2) is 10.5 Å². The first-order valence-electron chi connectivity index (χ1n) is 6.27. The Balaban J connectivity index is 2.14. The van der Waals surface area contributed by atoms with Gasteiger partial charge >= 0.3 is 0 Å². The fourth-order valence-corrected chi connectivity index (χ4v) is 4.01. The van der Waals surface area contributed by atoms with Gasteiger partial charge in [0.25, 0.3) is 0 Å². The van der Waals surface area contributed by atoms with Gasteiger partial charge in [-0.3, -0.25) is 0 Å². The smallest absolute Gasteiger partial charge is 0.00886 e. The van der Waals surface area contributed by atoms with Crippen molar-refractivity contribution in [1.29, 1.82) is 0 Å². The predicted molar refractivity (Wildman–Crippen MR) is 69.2 cm³/mol. The lowest BCUT2D eigenvalue weighted by atomic mass is 9.97. The van der Waals surface area contributed by atoms with Gasteiger partial charge < -0.3 is 5.32 Å². The van der Waals surface area contributed by atoms with Crippen LogP contribution in [0, 0.1) is 5.92 Å². The fourth-order valence-electron chi connectivity index (χ4n) is 2.48. The average molecular weight is 225 g/mol. The zero-order valence-corrected chi connectivity index (χ0v) is 11.0. The minimum atomic E-state index is 0.672. The van der Waals surface area contributed by atoms with Crippen LogP contribution in [0.2, 0.25) is 0 Å². The second-order valence-electron chi connectivity index (χ2n) is 5.17. The summed E-state index contributed by atoms with van der Waals surface area (Å²) in [5.74, 6) is 0.880. The topological polar surface area (TPSA) is 12.0 Å². The first-order valence-corrected chi connectivity index (χ1v) is 7.15. The van der Waals surface area contributed by atoms with E-state index in [9.17, 15) is 0 Å². The normalized spacial score (nSPS) is 38.2. The van der Waals surface area contributed by atoms with E-state index in [1.54, 1.807) is 10.5 Å².